The Bertz CT molecular complexity index is 578. The number of carbonyl (C=O) groups is 2. The molecule has 6 heteroatoms. The third kappa shape index (κ3) is 4.15. The zero-order valence-corrected chi connectivity index (χ0v) is 13.4. The van der Waals surface area contributed by atoms with E-state index in [4.69, 9.17) is 4.74 Å². The first kappa shape index (κ1) is 15.6. The largest absolute Gasteiger partial charge is 0.497 e. The molecular weight excluding hydrogens is 294 g/mol. The highest BCUT2D eigenvalue weighted by Gasteiger charge is 2.27. The number of methoxy groups -OCH3 is 1. The van der Waals surface area contributed by atoms with Crippen LogP contribution in [-0.2, 0) is 0 Å². The minimum atomic E-state index is -0.0786. The monoisotopic (exact) mass is 317 g/mol. The lowest BCUT2D eigenvalue weighted by atomic mass is 10.0. The van der Waals surface area contributed by atoms with Crippen LogP contribution in [0.2, 0.25) is 0 Å². The molecule has 1 heterocycles. The summed E-state index contributed by atoms with van der Waals surface area (Å²) in [7, 11) is 1.59. The number of urea groups is 1. The number of nitrogens with zero attached hydrogens (tertiary/aromatic N) is 1. The SMILES string of the molecule is COc1cccc(C(=O)N2CCC(NC(=O)NC3CC3)CC2)c1. The zero-order chi connectivity index (χ0) is 16.2. The molecule has 2 aliphatic rings. The van der Waals surface area contributed by atoms with Crippen LogP contribution >= 0.6 is 0 Å². The van der Waals surface area contributed by atoms with Crippen molar-refractivity contribution in [2.24, 2.45) is 0 Å². The molecule has 2 N–H and O–H groups in total. The lowest BCUT2D eigenvalue weighted by Gasteiger charge is -2.32. The van der Waals surface area contributed by atoms with Gasteiger partial charge in [0.25, 0.3) is 5.91 Å². The highest BCUT2D eigenvalue weighted by Crippen LogP contribution is 2.19. The number of nitrogens with one attached hydrogen (secondary N) is 2. The summed E-state index contributed by atoms with van der Waals surface area (Å²) in [6.07, 6.45) is 3.74. The van der Waals surface area contributed by atoms with E-state index in [2.05, 4.69) is 10.6 Å². The van der Waals surface area contributed by atoms with Gasteiger partial charge in [-0.3, -0.25) is 4.79 Å². The molecule has 1 aliphatic heterocycles. The van der Waals surface area contributed by atoms with Crippen LogP contribution in [0.15, 0.2) is 24.3 Å². The van der Waals surface area contributed by atoms with Crippen LogP contribution in [0.3, 0.4) is 0 Å². The van der Waals surface area contributed by atoms with Crippen molar-refractivity contribution in [2.75, 3.05) is 20.2 Å². The van der Waals surface area contributed by atoms with Gasteiger partial charge >= 0.3 is 6.03 Å². The van der Waals surface area contributed by atoms with E-state index in [1.807, 2.05) is 17.0 Å². The lowest BCUT2D eigenvalue weighted by molar-refractivity contribution is 0.0708. The van der Waals surface area contributed by atoms with Crippen molar-refractivity contribution in [2.45, 2.75) is 37.8 Å². The van der Waals surface area contributed by atoms with Gasteiger partial charge in [0.05, 0.1) is 7.11 Å². The van der Waals surface area contributed by atoms with Crippen LogP contribution in [0.25, 0.3) is 0 Å². The predicted molar refractivity (Wildman–Crippen MR) is 86.6 cm³/mol. The molecule has 1 aliphatic carbocycles. The summed E-state index contributed by atoms with van der Waals surface area (Å²) in [5.74, 6) is 0.703. The van der Waals surface area contributed by atoms with E-state index in [1.165, 1.54) is 0 Å². The van der Waals surface area contributed by atoms with Crippen molar-refractivity contribution in [1.82, 2.24) is 15.5 Å². The highest BCUT2D eigenvalue weighted by atomic mass is 16.5. The van der Waals surface area contributed by atoms with Gasteiger partial charge in [0, 0.05) is 30.7 Å². The Labute approximate surface area is 136 Å². The van der Waals surface area contributed by atoms with Crippen molar-refractivity contribution in [3.63, 3.8) is 0 Å². The predicted octanol–water partition coefficient (Wildman–Crippen LogP) is 1.76. The molecule has 3 rings (SSSR count). The molecule has 0 radical (unpaired) electrons. The molecule has 3 amide bonds. The van der Waals surface area contributed by atoms with Gasteiger partial charge < -0.3 is 20.3 Å². The molecule has 0 spiro atoms. The number of rotatable bonds is 4. The number of likely N-dealkylation sites (tertiary alicyclic amines) is 1. The quantitative estimate of drug-likeness (QED) is 0.889. The molecule has 0 bridgehead atoms. The first-order chi connectivity index (χ1) is 11.2. The van der Waals surface area contributed by atoms with Gasteiger partial charge in [-0.2, -0.15) is 0 Å². The average Bonchev–Trinajstić information content (AvgIpc) is 3.38. The van der Waals surface area contributed by atoms with Crippen molar-refractivity contribution in [3.8, 4) is 5.75 Å². The number of piperidine rings is 1. The molecule has 1 saturated carbocycles. The van der Waals surface area contributed by atoms with Crippen molar-refractivity contribution in [3.05, 3.63) is 29.8 Å². The number of hydrogen-bond acceptors (Lipinski definition) is 3. The Morgan fingerprint density at radius 2 is 1.74 bits per heavy atom. The topological polar surface area (TPSA) is 70.7 Å². The molecular formula is C17H23N3O3. The molecule has 0 unspecified atom stereocenters. The van der Waals surface area contributed by atoms with Gasteiger partial charge in [-0.25, -0.2) is 4.79 Å². The summed E-state index contributed by atoms with van der Waals surface area (Å²) in [6.45, 7) is 1.31. The highest BCUT2D eigenvalue weighted by molar-refractivity contribution is 5.94. The zero-order valence-electron chi connectivity index (χ0n) is 13.4. The molecule has 2 fully saturated rings. The number of ether oxygens (including phenoxy) is 1. The second-order valence-corrected chi connectivity index (χ2v) is 6.19. The Morgan fingerprint density at radius 1 is 1.09 bits per heavy atom. The van der Waals surface area contributed by atoms with Crippen molar-refractivity contribution >= 4 is 11.9 Å². The Morgan fingerprint density at radius 3 is 2.35 bits per heavy atom. The molecule has 124 valence electrons. The molecule has 1 aromatic carbocycles. The number of benzene rings is 1. The summed E-state index contributed by atoms with van der Waals surface area (Å²) >= 11 is 0. The van der Waals surface area contributed by atoms with Crippen LogP contribution < -0.4 is 15.4 Å². The second kappa shape index (κ2) is 6.89. The lowest BCUT2D eigenvalue weighted by Crippen LogP contribution is -2.49. The number of hydrogen-bond donors (Lipinski definition) is 2. The van der Waals surface area contributed by atoms with Crippen molar-refractivity contribution in [1.29, 1.82) is 0 Å². The minimum Gasteiger partial charge on any atom is -0.497 e. The molecule has 1 aromatic rings. The maximum absolute atomic E-state index is 12.5. The molecule has 23 heavy (non-hydrogen) atoms. The van der Waals surface area contributed by atoms with E-state index in [0.29, 0.717) is 30.4 Å². The second-order valence-electron chi connectivity index (χ2n) is 6.19. The van der Waals surface area contributed by atoms with Crippen LogP contribution in [0, 0.1) is 0 Å². The van der Waals surface area contributed by atoms with Crippen LogP contribution in [-0.4, -0.2) is 49.1 Å². The van der Waals surface area contributed by atoms with Gasteiger partial charge in [0.2, 0.25) is 0 Å². The molecule has 6 nitrogen and oxygen atoms in total. The summed E-state index contributed by atoms with van der Waals surface area (Å²) < 4.78 is 5.16. The van der Waals surface area contributed by atoms with Gasteiger partial charge in [-0.1, -0.05) is 6.07 Å². The number of amides is 3. The first-order valence-corrected chi connectivity index (χ1v) is 8.16. The summed E-state index contributed by atoms with van der Waals surface area (Å²) in [4.78, 5) is 26.1. The molecule has 1 saturated heterocycles. The summed E-state index contributed by atoms with van der Waals surface area (Å²) in [5, 5.41) is 5.93. The third-order valence-electron chi connectivity index (χ3n) is 4.35. The van der Waals surface area contributed by atoms with E-state index in [1.54, 1.807) is 19.2 Å². The van der Waals surface area contributed by atoms with Gasteiger partial charge in [0.15, 0.2) is 0 Å². The third-order valence-corrected chi connectivity index (χ3v) is 4.35. The summed E-state index contributed by atoms with van der Waals surface area (Å²) in [6, 6.07) is 7.64. The Balaban J connectivity index is 1.49. The fourth-order valence-corrected chi connectivity index (χ4v) is 2.81. The van der Waals surface area contributed by atoms with Crippen LogP contribution in [0.1, 0.15) is 36.0 Å². The van der Waals surface area contributed by atoms with Gasteiger partial charge in [0.1, 0.15) is 5.75 Å². The fourth-order valence-electron chi connectivity index (χ4n) is 2.81. The standard InChI is InChI=1S/C17H23N3O3/c1-23-15-4-2-3-12(11-15)16(21)20-9-7-14(8-10-20)19-17(22)18-13-5-6-13/h2-4,11,13-14H,5-10H2,1H3,(H2,18,19,22). The average molecular weight is 317 g/mol. The van der Waals surface area contributed by atoms with E-state index in [9.17, 15) is 9.59 Å². The normalized spacial score (nSPS) is 18.4. The van der Waals surface area contributed by atoms with E-state index < -0.39 is 0 Å². The number of carbonyl (C=O) groups excluding carboxylic acids is 2. The minimum absolute atomic E-state index is 0.0183. The van der Waals surface area contributed by atoms with E-state index in [-0.39, 0.29) is 18.0 Å². The fraction of sp³-hybridized carbons (Fsp3) is 0.529. The van der Waals surface area contributed by atoms with Gasteiger partial charge in [-0.05, 0) is 43.9 Å². The van der Waals surface area contributed by atoms with E-state index in [0.717, 1.165) is 25.7 Å². The Hall–Kier alpha value is -2.24. The molecule has 0 atom stereocenters. The maximum Gasteiger partial charge on any atom is 0.315 e. The molecule has 0 aromatic heterocycles. The van der Waals surface area contributed by atoms with Crippen LogP contribution in [0.4, 0.5) is 4.79 Å². The van der Waals surface area contributed by atoms with Gasteiger partial charge in [-0.15, -0.1) is 0 Å². The summed E-state index contributed by atoms with van der Waals surface area (Å²) in [5.41, 5.74) is 0.641. The van der Waals surface area contributed by atoms with E-state index >= 15 is 0 Å². The smallest absolute Gasteiger partial charge is 0.315 e. The maximum atomic E-state index is 12.5. The van der Waals surface area contributed by atoms with Crippen molar-refractivity contribution < 1.29 is 14.3 Å². The Kier molecular flexibility index (Phi) is 4.69. The van der Waals surface area contributed by atoms with Crippen LogP contribution in [0.5, 0.6) is 5.75 Å². The first-order valence-electron chi connectivity index (χ1n) is 8.16.